The zero-order valence-electron chi connectivity index (χ0n) is 45.7. The van der Waals surface area contributed by atoms with E-state index in [1.165, 1.54) is 6.08 Å². The van der Waals surface area contributed by atoms with Crippen LogP contribution in [0.1, 0.15) is 182 Å². The number of esters is 2. The Morgan fingerprint density at radius 2 is 1.01 bits per heavy atom. The molecule has 1 saturated heterocycles. The zero-order chi connectivity index (χ0) is 52.7. The molecule has 3 fully saturated rings. The van der Waals surface area contributed by atoms with E-state index in [0.29, 0.717) is 24.8 Å². The summed E-state index contributed by atoms with van der Waals surface area (Å²) in [5.74, 6) is -1.50. The van der Waals surface area contributed by atoms with Gasteiger partial charge < -0.3 is 23.7 Å². The van der Waals surface area contributed by atoms with Crippen molar-refractivity contribution in [3.05, 3.63) is 35.5 Å². The van der Waals surface area contributed by atoms with Gasteiger partial charge >= 0.3 is 11.9 Å². The highest BCUT2D eigenvalue weighted by Crippen LogP contribution is 2.74. The molecule has 2 heterocycles. The molecule has 390 valence electrons. The lowest BCUT2D eigenvalue weighted by molar-refractivity contribution is -0.161. The van der Waals surface area contributed by atoms with Crippen molar-refractivity contribution in [3.63, 3.8) is 0 Å². The maximum Gasteiger partial charge on any atom is 0.331 e. The molecule has 0 aromatic rings. The normalized spacial score (nSPS) is 38.1. The van der Waals surface area contributed by atoms with Gasteiger partial charge in [0, 0.05) is 11.5 Å². The molecular formula is C57H90O12. The van der Waals surface area contributed by atoms with Crippen molar-refractivity contribution in [2.45, 2.75) is 213 Å². The summed E-state index contributed by atoms with van der Waals surface area (Å²) in [5.41, 5.74) is 0.450. The third-order valence-electron chi connectivity index (χ3n) is 18.8. The molecule has 0 aromatic heterocycles. The second kappa shape index (κ2) is 23.4. The van der Waals surface area contributed by atoms with Crippen molar-refractivity contribution >= 4 is 42.9 Å². The molecule has 12 nitrogen and oxygen atoms in total. The summed E-state index contributed by atoms with van der Waals surface area (Å²) < 4.78 is 28.0. The third-order valence-corrected chi connectivity index (χ3v) is 18.8. The Morgan fingerprint density at radius 3 is 1.42 bits per heavy atom. The van der Waals surface area contributed by atoms with Gasteiger partial charge in [-0.05, 0) is 150 Å². The van der Waals surface area contributed by atoms with Crippen LogP contribution in [0.2, 0.25) is 0 Å². The molecule has 69 heavy (non-hydrogen) atoms. The third kappa shape index (κ3) is 13.1. The predicted octanol–water partition coefficient (Wildman–Crippen LogP) is 11.5. The molecule has 13 unspecified atom stereocenters. The van der Waals surface area contributed by atoms with Crippen LogP contribution in [0.15, 0.2) is 35.5 Å². The number of allylic oxidation sites excluding steroid dienone is 3. The van der Waals surface area contributed by atoms with Gasteiger partial charge in [0.1, 0.15) is 42.1 Å². The van der Waals surface area contributed by atoms with Gasteiger partial charge in [-0.1, -0.05) is 100 Å². The number of carbonyl (C=O) groups excluding carboxylic acids is 7. The minimum atomic E-state index is -1.19. The van der Waals surface area contributed by atoms with Crippen LogP contribution >= 0.6 is 0 Å². The fourth-order valence-electron chi connectivity index (χ4n) is 12.5. The van der Waals surface area contributed by atoms with Crippen LogP contribution in [0.5, 0.6) is 0 Å². The van der Waals surface area contributed by atoms with Crippen LogP contribution in [0.25, 0.3) is 0 Å². The topological polar surface area (TPSA) is 166 Å². The van der Waals surface area contributed by atoms with Gasteiger partial charge in [-0.15, -0.1) is 0 Å². The molecule has 0 aromatic carbocycles. The quantitative estimate of drug-likeness (QED) is 0.0979. The molecule has 2 saturated carbocycles. The summed E-state index contributed by atoms with van der Waals surface area (Å²) in [6, 6.07) is 0. The molecule has 0 amide bonds. The highest BCUT2D eigenvalue weighted by molar-refractivity contribution is 5.91. The highest BCUT2D eigenvalue weighted by Gasteiger charge is 2.68. The molecule has 4 rings (SSSR count). The van der Waals surface area contributed by atoms with E-state index in [1.807, 2.05) is 53.7 Å². The standard InChI is InChI=1S/C29H46O7.C28H44O5/c1-10-18(2)21-14-22-28(7,8)29(22,9)13-11-12-19(3)25(35-17-31)20(4)26(33)27(5,6)23(34-16-30)15-24(32)36-21;1-10-18(2)21-16-22-27(7,8)28(22,9)14-11-12-19(3)24(32-17-29)20(4)25(31)26(5,6)15-13-23(30)33-21/h10,16-17,19-23,25H,11-15H2,1-9H3;10,13,15,17,19-22,24H,11-12,14,16H2,1-9H3/b18-10+;15-13+,18-10+. The van der Waals surface area contributed by atoms with E-state index < -0.39 is 52.9 Å². The Balaban J connectivity index is 0.000000367. The SMILES string of the molecule is C/C=C(\C)C1CC2C(C)(C)C2(C)CCCC(C)C(OC=O)C(C)C(=O)C(C)(C)/C=C/C(=O)O1.C/C=C(\C)C1CC2C(C)(C)C2(C)CCCC(C)C(OC=O)C(C)C(=O)C(C)(C)C(OC=O)CC(=O)O1. The number of cyclic esters (lactones) is 2. The first kappa shape index (κ1) is 59.2. The maximum atomic E-state index is 13.6. The van der Waals surface area contributed by atoms with Crippen molar-refractivity contribution in [2.24, 2.45) is 68.0 Å². The van der Waals surface area contributed by atoms with Gasteiger partial charge in [0.05, 0.1) is 23.7 Å². The zero-order valence-corrected chi connectivity index (χ0v) is 45.7. The van der Waals surface area contributed by atoms with E-state index in [1.54, 1.807) is 40.7 Å². The minimum absolute atomic E-state index is 0.0322. The van der Waals surface area contributed by atoms with Crippen LogP contribution in [0.4, 0.5) is 0 Å². The average Bonchev–Trinajstić information content (AvgIpc) is 3.92. The van der Waals surface area contributed by atoms with Gasteiger partial charge in [0.15, 0.2) is 0 Å². The number of hydrogen-bond acceptors (Lipinski definition) is 12. The van der Waals surface area contributed by atoms with Crippen LogP contribution in [-0.2, 0) is 57.2 Å². The van der Waals surface area contributed by atoms with E-state index in [9.17, 15) is 33.6 Å². The molecule has 2 aliphatic heterocycles. The van der Waals surface area contributed by atoms with Crippen molar-refractivity contribution in [3.8, 4) is 0 Å². The van der Waals surface area contributed by atoms with Gasteiger partial charge in [-0.2, -0.15) is 0 Å². The molecule has 0 N–H and O–H groups in total. The number of ketones is 2. The Kier molecular flexibility index (Phi) is 20.1. The van der Waals surface area contributed by atoms with Crippen molar-refractivity contribution in [2.75, 3.05) is 0 Å². The van der Waals surface area contributed by atoms with E-state index in [4.69, 9.17) is 23.7 Å². The van der Waals surface area contributed by atoms with Crippen LogP contribution < -0.4 is 0 Å². The number of Topliss-reactive ketones (excluding diaryl/α,β-unsaturated/α-hetero) is 2. The Labute approximate surface area is 415 Å². The fraction of sp³-hybridized carbons (Fsp3) is 0.772. The predicted molar refractivity (Wildman–Crippen MR) is 267 cm³/mol. The van der Waals surface area contributed by atoms with E-state index in [-0.39, 0.29) is 70.2 Å². The van der Waals surface area contributed by atoms with Gasteiger partial charge in [-0.3, -0.25) is 28.8 Å². The number of hydrogen-bond donors (Lipinski definition) is 0. The number of rotatable bonds is 8. The number of carbonyl (C=O) groups is 7. The first-order chi connectivity index (χ1) is 31.9. The summed E-state index contributed by atoms with van der Waals surface area (Å²) in [4.78, 5) is 86.7. The monoisotopic (exact) mass is 967 g/mol. The van der Waals surface area contributed by atoms with Gasteiger partial charge in [0.2, 0.25) is 0 Å². The van der Waals surface area contributed by atoms with E-state index in [0.717, 1.165) is 62.5 Å². The van der Waals surface area contributed by atoms with Gasteiger partial charge in [-0.25, -0.2) is 4.79 Å². The second-order valence-electron chi connectivity index (χ2n) is 24.0. The average molecular weight is 967 g/mol. The highest BCUT2D eigenvalue weighted by atomic mass is 16.6. The van der Waals surface area contributed by atoms with Crippen molar-refractivity contribution in [1.82, 2.24) is 0 Å². The number of fused-ring (bicyclic) bond motifs is 2. The molecule has 12 heteroatoms. The largest absolute Gasteiger partial charge is 0.464 e. The summed E-state index contributed by atoms with van der Waals surface area (Å²) >= 11 is 0. The molecule has 0 spiro atoms. The molecule has 4 aliphatic rings. The molecule has 2 aliphatic carbocycles. The van der Waals surface area contributed by atoms with Crippen molar-refractivity contribution < 1.29 is 57.2 Å². The first-order valence-corrected chi connectivity index (χ1v) is 25.6. The minimum Gasteiger partial charge on any atom is -0.464 e. The summed E-state index contributed by atoms with van der Waals surface area (Å²) in [6.07, 6.45) is 11.2. The van der Waals surface area contributed by atoms with E-state index >= 15 is 0 Å². The summed E-state index contributed by atoms with van der Waals surface area (Å²) in [7, 11) is 0. The van der Waals surface area contributed by atoms with Crippen molar-refractivity contribution in [1.29, 1.82) is 0 Å². The summed E-state index contributed by atoms with van der Waals surface area (Å²) in [6.45, 7) is 37.3. The lowest BCUT2D eigenvalue weighted by Gasteiger charge is -2.36. The fourth-order valence-corrected chi connectivity index (χ4v) is 12.5. The first-order valence-electron chi connectivity index (χ1n) is 25.6. The maximum absolute atomic E-state index is 13.6. The van der Waals surface area contributed by atoms with Crippen LogP contribution in [0.3, 0.4) is 0 Å². The van der Waals surface area contributed by atoms with E-state index in [2.05, 4.69) is 48.5 Å². The molecule has 0 bridgehead atoms. The molecule has 0 radical (unpaired) electrons. The Hall–Kier alpha value is -4.09. The second-order valence-corrected chi connectivity index (χ2v) is 24.0. The smallest absolute Gasteiger partial charge is 0.331 e. The van der Waals surface area contributed by atoms with Gasteiger partial charge in [0.25, 0.3) is 19.4 Å². The molecular weight excluding hydrogens is 877 g/mol. The Bertz CT molecular complexity index is 1940. The lowest BCUT2D eigenvalue weighted by atomic mass is 9.72. The van der Waals surface area contributed by atoms with Crippen LogP contribution in [-0.4, -0.2) is 73.4 Å². The lowest BCUT2D eigenvalue weighted by Crippen LogP contribution is -2.47. The van der Waals surface area contributed by atoms with Crippen LogP contribution in [0, 0.1) is 68.0 Å². The Morgan fingerprint density at radius 1 is 0.609 bits per heavy atom. The molecule has 13 atom stereocenters. The summed E-state index contributed by atoms with van der Waals surface area (Å²) in [5, 5.41) is 0. The number of ether oxygens (including phenoxy) is 5.